The fourth-order valence-electron chi connectivity index (χ4n) is 3.30. The van der Waals surface area contributed by atoms with Gasteiger partial charge in [-0.2, -0.15) is 0 Å². The van der Waals surface area contributed by atoms with Crippen molar-refractivity contribution in [2.75, 3.05) is 32.8 Å². The van der Waals surface area contributed by atoms with Gasteiger partial charge in [0.05, 0.1) is 18.6 Å². The third kappa shape index (κ3) is 3.23. The zero-order chi connectivity index (χ0) is 16.3. The molecule has 4 heteroatoms. The number of primary amides is 1. The van der Waals surface area contributed by atoms with Gasteiger partial charge in [0.15, 0.2) is 0 Å². The lowest BCUT2D eigenvalue weighted by molar-refractivity contribution is -0.123. The van der Waals surface area contributed by atoms with Gasteiger partial charge >= 0.3 is 0 Å². The third-order valence-electron chi connectivity index (χ3n) is 4.96. The van der Waals surface area contributed by atoms with Crippen LogP contribution in [0.15, 0.2) is 42.5 Å². The zero-order valence-electron chi connectivity index (χ0n) is 13.6. The minimum absolute atomic E-state index is 0.262. The highest BCUT2D eigenvalue weighted by Gasteiger charge is 2.34. The molecule has 2 aromatic rings. The standard InChI is InChI=1S/C19H24N2O2/c1-19(18(20)22,9-10-21-11-13-23-14-12-21)17-8-4-6-15-5-2-3-7-16(15)17/h2-8H,9-14H2,1H3,(H2,20,22). The van der Waals surface area contributed by atoms with E-state index in [9.17, 15) is 4.79 Å². The molecule has 1 unspecified atom stereocenters. The van der Waals surface area contributed by atoms with Crippen LogP contribution in [0.4, 0.5) is 0 Å². The Morgan fingerprint density at radius 3 is 2.61 bits per heavy atom. The van der Waals surface area contributed by atoms with Crippen molar-refractivity contribution in [2.24, 2.45) is 5.73 Å². The number of nitrogens with zero attached hydrogens (tertiary/aromatic N) is 1. The number of amides is 1. The summed E-state index contributed by atoms with van der Waals surface area (Å²) in [4.78, 5) is 14.7. The van der Waals surface area contributed by atoms with Crippen LogP contribution in [-0.2, 0) is 14.9 Å². The van der Waals surface area contributed by atoms with E-state index in [1.165, 1.54) is 0 Å². The fourth-order valence-corrected chi connectivity index (χ4v) is 3.30. The van der Waals surface area contributed by atoms with E-state index < -0.39 is 5.41 Å². The number of fused-ring (bicyclic) bond motifs is 1. The van der Waals surface area contributed by atoms with Crippen molar-refractivity contribution in [2.45, 2.75) is 18.8 Å². The molecule has 1 heterocycles. The van der Waals surface area contributed by atoms with E-state index in [1.807, 2.05) is 31.2 Å². The number of ether oxygens (including phenoxy) is 1. The Balaban J connectivity index is 1.91. The second kappa shape index (κ2) is 6.69. The highest BCUT2D eigenvalue weighted by atomic mass is 16.5. The molecule has 0 aliphatic carbocycles. The second-order valence-electron chi connectivity index (χ2n) is 6.43. The zero-order valence-corrected chi connectivity index (χ0v) is 13.6. The Morgan fingerprint density at radius 2 is 1.87 bits per heavy atom. The lowest BCUT2D eigenvalue weighted by Crippen LogP contribution is -2.44. The summed E-state index contributed by atoms with van der Waals surface area (Å²) < 4.78 is 5.39. The maximum absolute atomic E-state index is 12.3. The first kappa shape index (κ1) is 16.0. The summed E-state index contributed by atoms with van der Waals surface area (Å²) in [7, 11) is 0. The van der Waals surface area contributed by atoms with Gasteiger partial charge in [-0.25, -0.2) is 0 Å². The maximum atomic E-state index is 12.3. The largest absolute Gasteiger partial charge is 0.379 e. The van der Waals surface area contributed by atoms with Gasteiger partial charge in [-0.05, 0) is 36.2 Å². The van der Waals surface area contributed by atoms with Crippen LogP contribution >= 0.6 is 0 Å². The summed E-state index contributed by atoms with van der Waals surface area (Å²) in [6.45, 7) is 6.20. The summed E-state index contributed by atoms with van der Waals surface area (Å²) in [6.07, 6.45) is 0.719. The first-order chi connectivity index (χ1) is 11.1. The molecule has 1 aliphatic rings. The molecule has 0 saturated carbocycles. The summed E-state index contributed by atoms with van der Waals surface area (Å²) >= 11 is 0. The van der Waals surface area contributed by atoms with Crippen LogP contribution in [0.5, 0.6) is 0 Å². The molecule has 0 spiro atoms. The van der Waals surface area contributed by atoms with Crippen molar-refractivity contribution in [3.05, 3.63) is 48.0 Å². The molecular weight excluding hydrogens is 288 g/mol. The predicted molar refractivity (Wildman–Crippen MR) is 92.4 cm³/mol. The van der Waals surface area contributed by atoms with Crippen molar-refractivity contribution in [1.29, 1.82) is 0 Å². The smallest absolute Gasteiger partial charge is 0.227 e. The number of benzene rings is 2. The number of hydrogen-bond donors (Lipinski definition) is 1. The minimum Gasteiger partial charge on any atom is -0.379 e. The van der Waals surface area contributed by atoms with Crippen LogP contribution in [0.1, 0.15) is 18.9 Å². The monoisotopic (exact) mass is 312 g/mol. The Hall–Kier alpha value is -1.91. The molecule has 0 aromatic heterocycles. The lowest BCUT2D eigenvalue weighted by atomic mass is 9.76. The SMILES string of the molecule is CC(CCN1CCOCC1)(C(N)=O)c1cccc2ccccc12. The molecule has 0 radical (unpaired) electrons. The second-order valence-corrected chi connectivity index (χ2v) is 6.43. The van der Waals surface area contributed by atoms with E-state index in [-0.39, 0.29) is 5.91 Å². The van der Waals surface area contributed by atoms with Crippen LogP contribution in [0.25, 0.3) is 10.8 Å². The number of carbonyl (C=O) groups excluding carboxylic acids is 1. The van der Waals surface area contributed by atoms with Crippen LogP contribution < -0.4 is 5.73 Å². The van der Waals surface area contributed by atoms with Gasteiger partial charge < -0.3 is 10.5 Å². The Kier molecular flexibility index (Phi) is 4.64. The van der Waals surface area contributed by atoms with E-state index in [4.69, 9.17) is 10.5 Å². The lowest BCUT2D eigenvalue weighted by Gasteiger charge is -2.33. The van der Waals surface area contributed by atoms with Crippen molar-refractivity contribution in [3.8, 4) is 0 Å². The maximum Gasteiger partial charge on any atom is 0.227 e. The van der Waals surface area contributed by atoms with Crippen LogP contribution in [0.3, 0.4) is 0 Å². The van der Waals surface area contributed by atoms with Crippen LogP contribution in [0.2, 0.25) is 0 Å². The van der Waals surface area contributed by atoms with Gasteiger partial charge in [0.25, 0.3) is 0 Å². The molecule has 23 heavy (non-hydrogen) atoms. The van der Waals surface area contributed by atoms with E-state index >= 15 is 0 Å². The van der Waals surface area contributed by atoms with Crippen LogP contribution in [-0.4, -0.2) is 43.7 Å². The van der Waals surface area contributed by atoms with Gasteiger partial charge in [0.1, 0.15) is 0 Å². The van der Waals surface area contributed by atoms with E-state index in [2.05, 4.69) is 23.1 Å². The number of morpholine rings is 1. The fraction of sp³-hybridized carbons (Fsp3) is 0.421. The Morgan fingerprint density at radius 1 is 1.17 bits per heavy atom. The molecule has 0 bridgehead atoms. The molecule has 2 N–H and O–H groups in total. The number of carbonyl (C=O) groups is 1. The molecule has 1 saturated heterocycles. The third-order valence-corrected chi connectivity index (χ3v) is 4.96. The van der Waals surface area contributed by atoms with Gasteiger partial charge in [-0.3, -0.25) is 9.69 Å². The van der Waals surface area contributed by atoms with Crippen molar-refractivity contribution >= 4 is 16.7 Å². The first-order valence-corrected chi connectivity index (χ1v) is 8.19. The Bertz CT molecular complexity index is 689. The van der Waals surface area contributed by atoms with Crippen molar-refractivity contribution < 1.29 is 9.53 Å². The predicted octanol–water partition coefficient (Wildman–Crippen LogP) is 2.31. The topological polar surface area (TPSA) is 55.6 Å². The molecule has 122 valence electrons. The van der Waals surface area contributed by atoms with E-state index in [0.29, 0.717) is 0 Å². The van der Waals surface area contributed by atoms with Gasteiger partial charge in [0, 0.05) is 13.1 Å². The minimum atomic E-state index is -0.667. The number of hydrogen-bond acceptors (Lipinski definition) is 3. The summed E-state index contributed by atoms with van der Waals surface area (Å²) in [6, 6.07) is 14.3. The van der Waals surface area contributed by atoms with Crippen molar-refractivity contribution in [3.63, 3.8) is 0 Å². The van der Waals surface area contributed by atoms with Gasteiger partial charge in [0.2, 0.25) is 5.91 Å². The summed E-state index contributed by atoms with van der Waals surface area (Å²) in [5.41, 5.74) is 6.18. The first-order valence-electron chi connectivity index (χ1n) is 8.19. The summed E-state index contributed by atoms with van der Waals surface area (Å²) in [5.74, 6) is -0.262. The van der Waals surface area contributed by atoms with Gasteiger partial charge in [-0.15, -0.1) is 0 Å². The average molecular weight is 312 g/mol. The molecule has 1 aliphatic heterocycles. The average Bonchev–Trinajstić information content (AvgIpc) is 2.60. The molecule has 3 rings (SSSR count). The molecular formula is C19H24N2O2. The molecule has 4 nitrogen and oxygen atoms in total. The highest BCUT2D eigenvalue weighted by Crippen LogP contribution is 2.33. The molecule has 1 atom stereocenters. The normalized spacial score (nSPS) is 18.7. The molecule has 1 fully saturated rings. The molecule has 1 amide bonds. The molecule has 2 aromatic carbocycles. The van der Waals surface area contributed by atoms with Gasteiger partial charge in [-0.1, -0.05) is 42.5 Å². The highest BCUT2D eigenvalue weighted by molar-refractivity contribution is 5.94. The quantitative estimate of drug-likeness (QED) is 0.922. The van der Waals surface area contributed by atoms with Crippen LogP contribution in [0, 0.1) is 0 Å². The van der Waals surface area contributed by atoms with E-state index in [1.54, 1.807) is 0 Å². The number of nitrogens with two attached hydrogens (primary N) is 1. The summed E-state index contributed by atoms with van der Waals surface area (Å²) in [5, 5.41) is 2.25. The van der Waals surface area contributed by atoms with E-state index in [0.717, 1.165) is 55.6 Å². The Labute approximate surface area is 137 Å². The van der Waals surface area contributed by atoms with Crippen molar-refractivity contribution in [1.82, 2.24) is 4.90 Å². The number of rotatable bonds is 5.